The van der Waals surface area contributed by atoms with Gasteiger partial charge in [0.05, 0.1) is 5.60 Å². The van der Waals surface area contributed by atoms with Gasteiger partial charge in [0.1, 0.15) is 0 Å². The third-order valence-electron chi connectivity index (χ3n) is 4.96. The number of ether oxygens (including phenoxy) is 1. The van der Waals surface area contributed by atoms with Crippen LogP contribution in [0.5, 0.6) is 0 Å². The van der Waals surface area contributed by atoms with Gasteiger partial charge in [0.15, 0.2) is 0 Å². The summed E-state index contributed by atoms with van der Waals surface area (Å²) in [4.78, 5) is 0. The van der Waals surface area contributed by atoms with Crippen molar-refractivity contribution in [1.82, 2.24) is 5.32 Å². The lowest BCUT2D eigenvalue weighted by atomic mass is 9.78. The highest BCUT2D eigenvalue weighted by Gasteiger charge is 2.41. The maximum Gasteiger partial charge on any atom is 0.0685 e. The van der Waals surface area contributed by atoms with Crippen LogP contribution in [0.25, 0.3) is 0 Å². The normalized spacial score (nSPS) is 39.0. The van der Waals surface area contributed by atoms with E-state index in [4.69, 9.17) is 4.74 Å². The van der Waals surface area contributed by atoms with E-state index in [-0.39, 0.29) is 0 Å². The zero-order valence-corrected chi connectivity index (χ0v) is 10.3. The lowest BCUT2D eigenvalue weighted by molar-refractivity contribution is -0.0989. The number of piperidine rings is 1. The minimum Gasteiger partial charge on any atom is -0.375 e. The number of nitrogens with one attached hydrogen (secondary N) is 1. The highest BCUT2D eigenvalue weighted by atomic mass is 16.5. The molecule has 2 atom stereocenters. The molecule has 0 aromatic rings. The summed E-state index contributed by atoms with van der Waals surface area (Å²) in [6.45, 7) is 2.26. The van der Waals surface area contributed by atoms with Crippen LogP contribution in [0, 0.1) is 5.92 Å². The van der Waals surface area contributed by atoms with Gasteiger partial charge < -0.3 is 10.1 Å². The topological polar surface area (TPSA) is 21.3 Å². The third-order valence-corrected chi connectivity index (χ3v) is 4.96. The van der Waals surface area contributed by atoms with Gasteiger partial charge in [-0.15, -0.1) is 0 Å². The zero-order chi connectivity index (χ0) is 10.8. The van der Waals surface area contributed by atoms with Crippen molar-refractivity contribution in [2.45, 2.75) is 69.4 Å². The predicted octanol–water partition coefficient (Wildman–Crippen LogP) is 2.87. The van der Waals surface area contributed by atoms with Crippen LogP contribution >= 0.6 is 0 Å². The lowest BCUT2D eigenvalue weighted by Crippen LogP contribution is -2.47. The SMILES string of the molecule is C1CCC(C2CCOC3(CCCC3)C2)NC1. The van der Waals surface area contributed by atoms with Gasteiger partial charge in [0.25, 0.3) is 0 Å². The second kappa shape index (κ2) is 4.66. The molecule has 2 aliphatic heterocycles. The van der Waals surface area contributed by atoms with E-state index in [1.165, 1.54) is 64.3 Å². The lowest BCUT2D eigenvalue weighted by Gasteiger charge is -2.42. The molecular formula is C14H25NO. The Kier molecular flexibility index (Phi) is 3.21. The van der Waals surface area contributed by atoms with Gasteiger partial charge in [-0.05, 0) is 51.0 Å². The molecule has 0 aromatic heterocycles. The van der Waals surface area contributed by atoms with Gasteiger partial charge >= 0.3 is 0 Å². The Balaban J connectivity index is 1.62. The quantitative estimate of drug-likeness (QED) is 0.738. The molecule has 1 aliphatic carbocycles. The monoisotopic (exact) mass is 223 g/mol. The number of hydrogen-bond donors (Lipinski definition) is 1. The molecule has 1 N–H and O–H groups in total. The summed E-state index contributed by atoms with van der Waals surface area (Å²) in [7, 11) is 0. The Morgan fingerprint density at radius 2 is 1.88 bits per heavy atom. The van der Waals surface area contributed by atoms with Crippen molar-refractivity contribution in [2.75, 3.05) is 13.2 Å². The van der Waals surface area contributed by atoms with Gasteiger partial charge in [-0.1, -0.05) is 19.3 Å². The second-order valence-electron chi connectivity index (χ2n) is 6.05. The van der Waals surface area contributed by atoms with Crippen molar-refractivity contribution in [3.63, 3.8) is 0 Å². The Labute approximate surface area is 99.1 Å². The first-order chi connectivity index (χ1) is 7.88. The van der Waals surface area contributed by atoms with Gasteiger partial charge in [0, 0.05) is 12.6 Å². The van der Waals surface area contributed by atoms with Crippen molar-refractivity contribution >= 4 is 0 Å². The molecule has 92 valence electrons. The van der Waals surface area contributed by atoms with E-state index in [9.17, 15) is 0 Å². The molecule has 0 amide bonds. The van der Waals surface area contributed by atoms with Crippen LogP contribution in [0.1, 0.15) is 57.8 Å². The fraction of sp³-hybridized carbons (Fsp3) is 1.00. The van der Waals surface area contributed by atoms with Crippen LogP contribution < -0.4 is 5.32 Å². The summed E-state index contributed by atoms with van der Waals surface area (Å²) < 4.78 is 6.12. The summed E-state index contributed by atoms with van der Waals surface area (Å²) in [5.41, 5.74) is 0.308. The van der Waals surface area contributed by atoms with Gasteiger partial charge in [0.2, 0.25) is 0 Å². The average Bonchev–Trinajstić information content (AvgIpc) is 2.78. The molecule has 3 fully saturated rings. The molecule has 2 nitrogen and oxygen atoms in total. The van der Waals surface area contributed by atoms with Gasteiger partial charge in [-0.2, -0.15) is 0 Å². The standard InChI is InChI=1S/C14H25NO/c1-4-9-15-13(5-1)12-6-10-16-14(11-12)7-2-3-8-14/h12-13,15H,1-11H2. The number of hydrogen-bond acceptors (Lipinski definition) is 2. The molecule has 3 aliphatic rings. The van der Waals surface area contributed by atoms with Crippen LogP contribution in [-0.4, -0.2) is 24.8 Å². The van der Waals surface area contributed by atoms with Crippen molar-refractivity contribution in [2.24, 2.45) is 5.92 Å². The summed E-state index contributed by atoms with van der Waals surface area (Å²) in [6, 6.07) is 0.801. The van der Waals surface area contributed by atoms with E-state index in [1.54, 1.807) is 0 Å². The molecule has 0 aromatic carbocycles. The molecule has 2 heteroatoms. The molecule has 3 rings (SSSR count). The zero-order valence-electron chi connectivity index (χ0n) is 10.3. The van der Waals surface area contributed by atoms with Crippen LogP contribution in [0.4, 0.5) is 0 Å². The Hall–Kier alpha value is -0.0800. The van der Waals surface area contributed by atoms with Gasteiger partial charge in [-0.25, -0.2) is 0 Å². The Bertz CT molecular complexity index is 229. The van der Waals surface area contributed by atoms with E-state index in [2.05, 4.69) is 5.32 Å². The maximum atomic E-state index is 6.12. The van der Waals surface area contributed by atoms with E-state index in [1.807, 2.05) is 0 Å². The Morgan fingerprint density at radius 1 is 1.00 bits per heavy atom. The highest BCUT2D eigenvalue weighted by molar-refractivity contribution is 4.94. The van der Waals surface area contributed by atoms with Crippen molar-refractivity contribution in [3.05, 3.63) is 0 Å². The largest absolute Gasteiger partial charge is 0.375 e. The molecule has 2 heterocycles. The van der Waals surface area contributed by atoms with E-state index >= 15 is 0 Å². The second-order valence-corrected chi connectivity index (χ2v) is 6.05. The minimum absolute atomic E-state index is 0.308. The van der Waals surface area contributed by atoms with Crippen LogP contribution in [0.3, 0.4) is 0 Å². The minimum atomic E-state index is 0.308. The molecule has 0 radical (unpaired) electrons. The molecule has 1 spiro atoms. The molecule has 16 heavy (non-hydrogen) atoms. The smallest absolute Gasteiger partial charge is 0.0685 e. The first-order valence-corrected chi connectivity index (χ1v) is 7.25. The van der Waals surface area contributed by atoms with Crippen LogP contribution in [0.2, 0.25) is 0 Å². The first-order valence-electron chi connectivity index (χ1n) is 7.25. The molecule has 2 unspecified atom stereocenters. The van der Waals surface area contributed by atoms with Gasteiger partial charge in [-0.3, -0.25) is 0 Å². The Morgan fingerprint density at radius 3 is 2.62 bits per heavy atom. The van der Waals surface area contributed by atoms with E-state index < -0.39 is 0 Å². The molecule has 0 bridgehead atoms. The van der Waals surface area contributed by atoms with Crippen molar-refractivity contribution < 1.29 is 4.74 Å². The van der Waals surface area contributed by atoms with Crippen molar-refractivity contribution in [1.29, 1.82) is 0 Å². The predicted molar refractivity (Wildman–Crippen MR) is 65.5 cm³/mol. The molecule has 2 saturated heterocycles. The fourth-order valence-corrected chi connectivity index (χ4v) is 4.06. The maximum absolute atomic E-state index is 6.12. The first kappa shape index (κ1) is 11.0. The fourth-order valence-electron chi connectivity index (χ4n) is 4.06. The summed E-state index contributed by atoms with van der Waals surface area (Å²) in [5.74, 6) is 0.896. The summed E-state index contributed by atoms with van der Waals surface area (Å²) in [6.07, 6.45) is 12.3. The highest BCUT2D eigenvalue weighted by Crippen LogP contribution is 2.43. The third kappa shape index (κ3) is 2.14. The summed E-state index contributed by atoms with van der Waals surface area (Å²) in [5, 5.41) is 3.74. The van der Waals surface area contributed by atoms with E-state index in [0.29, 0.717) is 5.60 Å². The summed E-state index contributed by atoms with van der Waals surface area (Å²) >= 11 is 0. The average molecular weight is 223 g/mol. The molecular weight excluding hydrogens is 198 g/mol. The molecule has 1 saturated carbocycles. The number of rotatable bonds is 1. The van der Waals surface area contributed by atoms with E-state index in [0.717, 1.165) is 18.6 Å². The van der Waals surface area contributed by atoms with Crippen LogP contribution in [-0.2, 0) is 4.74 Å². The van der Waals surface area contributed by atoms with Crippen LogP contribution in [0.15, 0.2) is 0 Å². The van der Waals surface area contributed by atoms with Crippen molar-refractivity contribution in [3.8, 4) is 0 Å².